The van der Waals surface area contributed by atoms with E-state index in [1.807, 2.05) is 30.3 Å². The average molecular weight is 628 g/mol. The highest BCUT2D eigenvalue weighted by Crippen LogP contribution is 2.50. The molecule has 0 saturated carbocycles. The van der Waals surface area contributed by atoms with E-state index in [9.17, 15) is 14.4 Å². The van der Waals surface area contributed by atoms with Gasteiger partial charge in [0.05, 0.1) is 44.1 Å². The summed E-state index contributed by atoms with van der Waals surface area (Å²) >= 11 is 0. The molecule has 11 nitrogen and oxygen atoms in total. The number of amides is 2. The van der Waals surface area contributed by atoms with Gasteiger partial charge < -0.3 is 35.1 Å². The van der Waals surface area contributed by atoms with Crippen LogP contribution >= 0.6 is 0 Å². The highest BCUT2D eigenvalue weighted by atomic mass is 16.5. The number of imidazole rings is 1. The molecule has 3 aromatic carbocycles. The molecule has 0 spiro atoms. The number of H-pyrrole nitrogens is 1. The molecule has 5 rings (SSSR count). The summed E-state index contributed by atoms with van der Waals surface area (Å²) in [4.78, 5) is 47.1. The van der Waals surface area contributed by atoms with E-state index < -0.39 is 12.1 Å². The van der Waals surface area contributed by atoms with Crippen LogP contribution in [0.25, 0.3) is 22.2 Å². The molecule has 0 radical (unpaired) electrons. The number of hydrogen-bond donors (Lipinski definition) is 4. The van der Waals surface area contributed by atoms with Gasteiger partial charge in [0.15, 0.2) is 11.5 Å². The largest absolute Gasteiger partial charge is 0.493 e. The third kappa shape index (κ3) is 6.63. The number of nitrogens with one attached hydrogen (secondary N) is 4. The number of aryl methyl sites for hydroxylation is 1. The lowest BCUT2D eigenvalue weighted by molar-refractivity contribution is -0.119. The number of hydrogen-bond acceptors (Lipinski definition) is 8. The Morgan fingerprint density at radius 3 is 2.43 bits per heavy atom. The van der Waals surface area contributed by atoms with Gasteiger partial charge in [-0.3, -0.25) is 14.4 Å². The smallest absolute Gasteiger partial charge is 0.246 e. The summed E-state index contributed by atoms with van der Waals surface area (Å²) in [5, 5.41) is 9.03. The second-order valence-electron chi connectivity index (χ2n) is 12.0. The molecule has 0 saturated heterocycles. The monoisotopic (exact) mass is 627 g/mol. The first-order valence-electron chi connectivity index (χ1n) is 15.4. The van der Waals surface area contributed by atoms with Gasteiger partial charge in [-0.15, -0.1) is 0 Å². The Morgan fingerprint density at radius 1 is 1.00 bits per heavy atom. The van der Waals surface area contributed by atoms with Crippen molar-refractivity contribution in [1.82, 2.24) is 15.3 Å². The Labute approximate surface area is 268 Å². The number of aromatic nitrogens is 2. The minimum atomic E-state index is -0.749. The van der Waals surface area contributed by atoms with Gasteiger partial charge in [-0.05, 0) is 78.8 Å². The summed E-state index contributed by atoms with van der Waals surface area (Å²) in [6, 6.07) is 11.2. The van der Waals surface area contributed by atoms with Crippen LogP contribution in [0.3, 0.4) is 0 Å². The number of rotatable bonds is 10. The minimum absolute atomic E-state index is 0.212. The zero-order valence-corrected chi connectivity index (χ0v) is 27.3. The van der Waals surface area contributed by atoms with Crippen molar-refractivity contribution in [3.05, 3.63) is 69.6 Å². The Morgan fingerprint density at radius 2 is 1.76 bits per heavy atom. The molecule has 0 aliphatic heterocycles. The summed E-state index contributed by atoms with van der Waals surface area (Å²) < 4.78 is 17.1. The molecule has 1 aromatic heterocycles. The molecule has 1 aliphatic carbocycles. The van der Waals surface area contributed by atoms with Crippen LogP contribution in [0.2, 0.25) is 0 Å². The zero-order chi connectivity index (χ0) is 33.1. The van der Waals surface area contributed by atoms with E-state index >= 15 is 0 Å². The average Bonchev–Trinajstić information content (AvgIpc) is 3.26. The van der Waals surface area contributed by atoms with Gasteiger partial charge in [0.1, 0.15) is 11.9 Å². The van der Waals surface area contributed by atoms with Crippen LogP contribution in [0.5, 0.6) is 17.2 Å². The molecule has 0 unspecified atom stereocenters. The second-order valence-corrected chi connectivity index (χ2v) is 12.0. The number of carbonyl (C=O) groups excluding carboxylic acids is 2. The lowest BCUT2D eigenvalue weighted by atomic mass is 9.95. The molecule has 2 amide bonds. The molecule has 46 heavy (non-hydrogen) atoms. The molecule has 0 fully saturated rings. The maximum absolute atomic E-state index is 13.7. The van der Waals surface area contributed by atoms with Crippen LogP contribution < -0.4 is 35.6 Å². The van der Waals surface area contributed by atoms with Gasteiger partial charge in [-0.25, -0.2) is 4.98 Å². The van der Waals surface area contributed by atoms with Crippen molar-refractivity contribution in [3.63, 3.8) is 0 Å². The van der Waals surface area contributed by atoms with Crippen LogP contribution in [0.4, 0.5) is 11.4 Å². The lowest BCUT2D eigenvalue weighted by Crippen LogP contribution is -2.33. The number of methoxy groups -OCH3 is 3. The summed E-state index contributed by atoms with van der Waals surface area (Å²) in [6.45, 7) is 7.41. The molecule has 1 heterocycles. The van der Waals surface area contributed by atoms with Crippen molar-refractivity contribution >= 4 is 34.2 Å². The number of benzene rings is 2. The Hall–Kier alpha value is -5.06. The summed E-state index contributed by atoms with van der Waals surface area (Å²) in [5.74, 6) is 2.26. The number of ether oxygens (including phenoxy) is 3. The van der Waals surface area contributed by atoms with Crippen molar-refractivity contribution in [2.45, 2.75) is 59.0 Å². The fraction of sp³-hybridized carbons (Fsp3) is 0.371. The molecule has 242 valence electrons. The summed E-state index contributed by atoms with van der Waals surface area (Å²) in [7, 11) is 4.65. The highest BCUT2D eigenvalue weighted by Gasteiger charge is 2.29. The highest BCUT2D eigenvalue weighted by molar-refractivity contribution is 5.97. The van der Waals surface area contributed by atoms with Crippen molar-refractivity contribution in [3.8, 4) is 28.4 Å². The van der Waals surface area contributed by atoms with Crippen molar-refractivity contribution < 1.29 is 23.8 Å². The van der Waals surface area contributed by atoms with E-state index in [0.29, 0.717) is 52.8 Å². The van der Waals surface area contributed by atoms with Gasteiger partial charge >= 0.3 is 0 Å². The number of anilines is 2. The summed E-state index contributed by atoms with van der Waals surface area (Å²) in [6.07, 6.45) is 1.97. The van der Waals surface area contributed by atoms with Gasteiger partial charge in [0.2, 0.25) is 23.0 Å². The lowest BCUT2D eigenvalue weighted by Gasteiger charge is -2.19. The topological polar surface area (TPSA) is 144 Å². The quantitative estimate of drug-likeness (QED) is 0.184. The van der Waals surface area contributed by atoms with E-state index in [-0.39, 0.29) is 22.9 Å². The third-order valence-corrected chi connectivity index (χ3v) is 8.08. The van der Waals surface area contributed by atoms with Crippen molar-refractivity contribution in [2.75, 3.05) is 32.0 Å². The first kappa shape index (κ1) is 32.3. The molecule has 0 bridgehead atoms. The van der Waals surface area contributed by atoms with E-state index in [0.717, 1.165) is 34.4 Å². The SMILES string of the molecule is COc1cc2c(c(OC)c1OC)-c1ccc(N[C@@H](C)C(=O)Nc3ccc4nc(CC(C)C)[nH]c4c3)c(=O)cc1[C@@H](NC(C)=O)CC2. The van der Waals surface area contributed by atoms with Gasteiger partial charge in [0, 0.05) is 24.6 Å². The van der Waals surface area contributed by atoms with E-state index in [4.69, 9.17) is 14.2 Å². The summed E-state index contributed by atoms with van der Waals surface area (Å²) in [5.41, 5.74) is 5.22. The second kappa shape index (κ2) is 13.5. The Balaban J connectivity index is 1.48. The maximum atomic E-state index is 13.7. The first-order chi connectivity index (χ1) is 22.0. The van der Waals surface area contributed by atoms with Crippen LogP contribution in [0.1, 0.15) is 57.1 Å². The van der Waals surface area contributed by atoms with Gasteiger partial charge in [0.25, 0.3) is 0 Å². The third-order valence-electron chi connectivity index (χ3n) is 8.08. The zero-order valence-electron chi connectivity index (χ0n) is 27.3. The standard InChI is InChI=1S/C35H41N5O6/c1-18(2)14-31-39-26-12-9-22(16-28(26)40-31)38-35(43)19(3)36-27-13-10-23-24(17-29(27)42)25(37-20(4)41)11-8-21-15-30(44-5)33(45-6)34(46-7)32(21)23/h9-10,12-13,15-19,25H,8,11,14H2,1-7H3,(H,36,42)(H,37,41)(H,38,43)(H,39,40)/t19-,25-/m0/s1. The fourth-order valence-corrected chi connectivity index (χ4v) is 6.00. The van der Waals surface area contributed by atoms with Crippen LogP contribution in [0.15, 0.2) is 47.3 Å². The Bertz CT molecular complexity index is 1850. The van der Waals surface area contributed by atoms with Crippen molar-refractivity contribution in [1.29, 1.82) is 0 Å². The number of nitrogens with zero attached hydrogens (tertiary/aromatic N) is 1. The van der Waals surface area contributed by atoms with Crippen LogP contribution in [-0.4, -0.2) is 49.2 Å². The van der Waals surface area contributed by atoms with E-state index in [2.05, 4.69) is 39.8 Å². The van der Waals surface area contributed by atoms with E-state index in [1.54, 1.807) is 27.2 Å². The predicted octanol–water partition coefficient (Wildman–Crippen LogP) is 5.38. The van der Waals surface area contributed by atoms with Crippen LogP contribution in [0, 0.1) is 5.92 Å². The molecule has 1 aliphatic rings. The number of carbonyl (C=O) groups is 2. The van der Waals surface area contributed by atoms with Crippen LogP contribution in [-0.2, 0) is 22.4 Å². The maximum Gasteiger partial charge on any atom is 0.246 e. The van der Waals surface area contributed by atoms with E-state index in [1.165, 1.54) is 20.1 Å². The molecular weight excluding hydrogens is 586 g/mol. The van der Waals surface area contributed by atoms with Gasteiger partial charge in [-0.2, -0.15) is 0 Å². The molecular formula is C35H41N5O6. The number of aromatic amines is 1. The predicted molar refractivity (Wildman–Crippen MR) is 179 cm³/mol. The minimum Gasteiger partial charge on any atom is -0.493 e. The molecule has 4 aromatic rings. The van der Waals surface area contributed by atoms with Crippen molar-refractivity contribution in [2.24, 2.45) is 5.92 Å². The molecule has 4 N–H and O–H groups in total. The van der Waals surface area contributed by atoms with Gasteiger partial charge in [-0.1, -0.05) is 19.9 Å². The molecule has 2 atom stereocenters. The Kier molecular flexibility index (Phi) is 9.50. The fourth-order valence-electron chi connectivity index (χ4n) is 6.00. The number of fused-ring (bicyclic) bond motifs is 4. The normalized spacial score (nSPS) is 14.5. The first-order valence-corrected chi connectivity index (χ1v) is 15.4. The molecule has 11 heteroatoms.